The summed E-state index contributed by atoms with van der Waals surface area (Å²) < 4.78 is 16.5. The van der Waals surface area contributed by atoms with E-state index in [4.69, 9.17) is 14.2 Å². The highest BCUT2D eigenvalue weighted by Crippen LogP contribution is 2.38. The number of anilines is 1. The van der Waals surface area contributed by atoms with Crippen LogP contribution in [0.3, 0.4) is 0 Å². The number of methoxy groups -OCH3 is 2. The number of nitrogens with zero attached hydrogens (tertiary/aromatic N) is 3. The summed E-state index contributed by atoms with van der Waals surface area (Å²) in [6, 6.07) is 3.55. The van der Waals surface area contributed by atoms with Crippen molar-refractivity contribution in [2.45, 2.75) is 39.5 Å². The molecule has 1 aromatic carbocycles. The number of hydrogen-bond donors (Lipinski definition) is 2. The van der Waals surface area contributed by atoms with Crippen molar-refractivity contribution in [3.8, 4) is 17.2 Å². The summed E-state index contributed by atoms with van der Waals surface area (Å²) in [6.45, 7) is 8.26. The SMILES string of the molecule is CCCOc1c(OC)cc(/C=N/Nc2nnc(C(C)(C)C)c(=O)[nH]2)cc1OC. The summed E-state index contributed by atoms with van der Waals surface area (Å²) in [7, 11) is 3.12. The Bertz CT molecular complexity index is 862. The minimum absolute atomic E-state index is 0.149. The van der Waals surface area contributed by atoms with Gasteiger partial charge in [-0.05, 0) is 18.6 Å². The molecule has 2 N–H and O–H groups in total. The van der Waals surface area contributed by atoms with Crippen LogP contribution >= 0.6 is 0 Å². The number of aromatic amines is 1. The van der Waals surface area contributed by atoms with Gasteiger partial charge in [-0.25, -0.2) is 5.43 Å². The van der Waals surface area contributed by atoms with Crippen molar-refractivity contribution in [2.75, 3.05) is 26.3 Å². The summed E-state index contributed by atoms with van der Waals surface area (Å²) in [4.78, 5) is 14.7. The minimum atomic E-state index is -0.392. The molecule has 1 heterocycles. The Morgan fingerprint density at radius 2 is 1.82 bits per heavy atom. The number of hydrogen-bond acceptors (Lipinski definition) is 8. The second-order valence-corrected chi connectivity index (χ2v) is 7.07. The van der Waals surface area contributed by atoms with Gasteiger partial charge >= 0.3 is 0 Å². The van der Waals surface area contributed by atoms with Gasteiger partial charge in [-0.3, -0.25) is 9.78 Å². The van der Waals surface area contributed by atoms with Crippen LogP contribution in [0.25, 0.3) is 0 Å². The van der Waals surface area contributed by atoms with E-state index in [9.17, 15) is 4.79 Å². The summed E-state index contributed by atoms with van der Waals surface area (Å²) in [5.41, 5.74) is 3.04. The molecule has 152 valence electrons. The zero-order chi connectivity index (χ0) is 20.7. The molecule has 0 aliphatic carbocycles. The van der Waals surface area contributed by atoms with Gasteiger partial charge in [-0.1, -0.05) is 27.7 Å². The third-order valence-electron chi connectivity index (χ3n) is 3.72. The summed E-state index contributed by atoms with van der Waals surface area (Å²) in [5.74, 6) is 1.77. The van der Waals surface area contributed by atoms with Crippen molar-refractivity contribution >= 4 is 12.2 Å². The average molecular weight is 389 g/mol. The summed E-state index contributed by atoms with van der Waals surface area (Å²) >= 11 is 0. The number of aromatic nitrogens is 3. The second kappa shape index (κ2) is 9.20. The first-order valence-corrected chi connectivity index (χ1v) is 8.95. The molecule has 0 saturated carbocycles. The maximum atomic E-state index is 12.1. The third kappa shape index (κ3) is 5.21. The average Bonchev–Trinajstić information content (AvgIpc) is 2.65. The number of H-pyrrole nitrogens is 1. The Labute approximate surface area is 164 Å². The molecule has 0 radical (unpaired) electrons. The zero-order valence-electron chi connectivity index (χ0n) is 17.1. The summed E-state index contributed by atoms with van der Waals surface area (Å²) in [5, 5.41) is 12.0. The van der Waals surface area contributed by atoms with Crippen LogP contribution in [0.2, 0.25) is 0 Å². The van der Waals surface area contributed by atoms with Gasteiger partial charge < -0.3 is 14.2 Å². The van der Waals surface area contributed by atoms with E-state index in [2.05, 4.69) is 25.7 Å². The van der Waals surface area contributed by atoms with Crippen molar-refractivity contribution in [3.05, 3.63) is 33.7 Å². The molecular formula is C19H27N5O4. The van der Waals surface area contributed by atoms with E-state index in [-0.39, 0.29) is 11.5 Å². The molecule has 0 bridgehead atoms. The lowest BCUT2D eigenvalue weighted by Gasteiger charge is -2.15. The van der Waals surface area contributed by atoms with Crippen LogP contribution in [-0.4, -0.2) is 42.2 Å². The first kappa shape index (κ1) is 21.2. The predicted molar refractivity (Wildman–Crippen MR) is 108 cm³/mol. The smallest absolute Gasteiger partial charge is 0.274 e. The molecule has 9 heteroatoms. The lowest BCUT2D eigenvalue weighted by Crippen LogP contribution is -2.28. The van der Waals surface area contributed by atoms with Gasteiger partial charge in [0.1, 0.15) is 5.69 Å². The molecule has 0 unspecified atom stereocenters. The summed E-state index contributed by atoms with van der Waals surface area (Å²) in [6.07, 6.45) is 2.42. The molecule has 28 heavy (non-hydrogen) atoms. The Balaban J connectivity index is 2.20. The highest BCUT2D eigenvalue weighted by atomic mass is 16.5. The monoisotopic (exact) mass is 389 g/mol. The number of nitrogens with one attached hydrogen (secondary N) is 2. The molecule has 0 atom stereocenters. The molecular weight excluding hydrogens is 362 g/mol. The molecule has 2 aromatic rings. The van der Waals surface area contributed by atoms with Crippen LogP contribution in [0.15, 0.2) is 22.0 Å². The maximum absolute atomic E-state index is 12.1. The van der Waals surface area contributed by atoms with E-state index in [1.54, 1.807) is 32.6 Å². The molecule has 0 fully saturated rings. The quantitative estimate of drug-likeness (QED) is 0.527. The van der Waals surface area contributed by atoms with Crippen molar-refractivity contribution in [2.24, 2.45) is 5.10 Å². The van der Waals surface area contributed by atoms with Crippen molar-refractivity contribution in [1.82, 2.24) is 15.2 Å². The molecule has 0 spiro atoms. The van der Waals surface area contributed by atoms with E-state index in [1.807, 2.05) is 27.7 Å². The standard InChI is InChI=1S/C19H27N5O4/c1-7-8-28-15-13(26-5)9-12(10-14(15)27-6)11-20-23-18-21-17(25)16(22-24-18)19(2,3)4/h9-11H,7-8H2,1-6H3,(H2,21,23,24,25)/b20-11+. The molecule has 0 amide bonds. The van der Waals surface area contributed by atoms with Crippen molar-refractivity contribution in [1.29, 1.82) is 0 Å². The molecule has 9 nitrogen and oxygen atoms in total. The van der Waals surface area contributed by atoms with Crippen LogP contribution < -0.4 is 25.2 Å². The first-order valence-electron chi connectivity index (χ1n) is 8.95. The van der Waals surface area contributed by atoms with Gasteiger partial charge in [0, 0.05) is 11.0 Å². The normalized spacial score (nSPS) is 11.5. The molecule has 0 saturated heterocycles. The second-order valence-electron chi connectivity index (χ2n) is 7.07. The predicted octanol–water partition coefficient (Wildman–Crippen LogP) is 2.71. The van der Waals surface area contributed by atoms with Gasteiger partial charge in [-0.15, -0.1) is 10.2 Å². The van der Waals surface area contributed by atoms with Crippen molar-refractivity contribution < 1.29 is 14.2 Å². The Hall–Kier alpha value is -3.10. The fourth-order valence-corrected chi connectivity index (χ4v) is 2.37. The van der Waals surface area contributed by atoms with Crippen LogP contribution in [0.5, 0.6) is 17.2 Å². The Morgan fingerprint density at radius 1 is 1.18 bits per heavy atom. The highest BCUT2D eigenvalue weighted by Gasteiger charge is 2.20. The minimum Gasteiger partial charge on any atom is -0.493 e. The van der Waals surface area contributed by atoms with E-state index >= 15 is 0 Å². The third-order valence-corrected chi connectivity index (χ3v) is 3.72. The fourth-order valence-electron chi connectivity index (χ4n) is 2.37. The van der Waals surface area contributed by atoms with Gasteiger partial charge in [0.05, 0.1) is 27.0 Å². The Morgan fingerprint density at radius 3 is 2.32 bits per heavy atom. The number of ether oxygens (including phenoxy) is 3. The van der Waals surface area contributed by atoms with Gasteiger partial charge in [0.15, 0.2) is 11.5 Å². The van der Waals surface area contributed by atoms with Gasteiger partial charge in [0.25, 0.3) is 5.56 Å². The van der Waals surface area contributed by atoms with Crippen LogP contribution in [0.4, 0.5) is 5.95 Å². The highest BCUT2D eigenvalue weighted by molar-refractivity contribution is 5.82. The molecule has 0 aliphatic rings. The Kier molecular flexibility index (Phi) is 6.97. The molecule has 1 aromatic heterocycles. The topological polar surface area (TPSA) is 111 Å². The lowest BCUT2D eigenvalue weighted by atomic mass is 9.93. The maximum Gasteiger partial charge on any atom is 0.274 e. The largest absolute Gasteiger partial charge is 0.493 e. The van der Waals surface area contributed by atoms with Crippen LogP contribution in [0.1, 0.15) is 45.4 Å². The fraction of sp³-hybridized carbons (Fsp3) is 0.474. The van der Waals surface area contributed by atoms with Crippen LogP contribution in [-0.2, 0) is 5.41 Å². The van der Waals surface area contributed by atoms with E-state index < -0.39 is 5.41 Å². The molecule has 2 rings (SSSR count). The lowest BCUT2D eigenvalue weighted by molar-refractivity contribution is 0.275. The van der Waals surface area contributed by atoms with E-state index in [0.29, 0.717) is 35.1 Å². The van der Waals surface area contributed by atoms with Crippen LogP contribution in [0, 0.1) is 0 Å². The van der Waals surface area contributed by atoms with Gasteiger partial charge in [0.2, 0.25) is 11.7 Å². The molecule has 0 aliphatic heterocycles. The number of rotatable bonds is 8. The number of benzene rings is 1. The number of hydrazone groups is 1. The first-order chi connectivity index (χ1) is 13.3. The van der Waals surface area contributed by atoms with Gasteiger partial charge in [-0.2, -0.15) is 5.10 Å². The van der Waals surface area contributed by atoms with E-state index in [0.717, 1.165) is 6.42 Å². The van der Waals surface area contributed by atoms with E-state index in [1.165, 1.54) is 0 Å². The zero-order valence-corrected chi connectivity index (χ0v) is 17.1. The van der Waals surface area contributed by atoms with Crippen molar-refractivity contribution in [3.63, 3.8) is 0 Å².